The Balaban J connectivity index is 0.00000225. The van der Waals surface area contributed by atoms with Crippen molar-refractivity contribution in [3.8, 4) is 0 Å². The summed E-state index contributed by atoms with van der Waals surface area (Å²) in [7, 11) is 0.267. The van der Waals surface area contributed by atoms with Gasteiger partial charge in [0.05, 0.1) is 12.4 Å². The quantitative estimate of drug-likeness (QED) is 0.769. The fourth-order valence-corrected chi connectivity index (χ4v) is 3.20. The van der Waals surface area contributed by atoms with E-state index in [4.69, 9.17) is 4.74 Å². The van der Waals surface area contributed by atoms with Gasteiger partial charge in [-0.15, -0.1) is 12.4 Å². The first-order valence-corrected chi connectivity index (χ1v) is 6.85. The molecule has 0 saturated carbocycles. The Bertz CT molecular complexity index is 284. The van der Waals surface area contributed by atoms with Crippen molar-refractivity contribution in [1.82, 2.24) is 9.62 Å². The topological polar surface area (TPSA) is 58.6 Å². The van der Waals surface area contributed by atoms with Crippen LogP contribution in [0.2, 0.25) is 0 Å². The van der Waals surface area contributed by atoms with Crippen LogP contribution in [-0.4, -0.2) is 58.4 Å². The fraction of sp³-hybridized carbons (Fsp3) is 1.00. The maximum atomic E-state index is 11.8. The van der Waals surface area contributed by atoms with Gasteiger partial charge in [-0.1, -0.05) is 0 Å². The molecule has 5 nitrogen and oxygen atoms in total. The molecule has 1 aliphatic rings. The van der Waals surface area contributed by atoms with Gasteiger partial charge in [0.15, 0.2) is 0 Å². The first-order chi connectivity index (χ1) is 7.10. The molecule has 1 fully saturated rings. The Morgan fingerprint density at radius 1 is 1.50 bits per heavy atom. The fourth-order valence-electron chi connectivity index (χ4n) is 1.75. The molecular weight excluding hydrogens is 252 g/mol. The van der Waals surface area contributed by atoms with E-state index < -0.39 is 10.0 Å². The average Bonchev–Trinajstić information content (AvgIpc) is 2.26. The predicted octanol–water partition coefficient (Wildman–Crippen LogP) is 0.0682. The second kappa shape index (κ2) is 7.45. The smallest absolute Gasteiger partial charge is 0.216 e. The lowest BCUT2D eigenvalue weighted by molar-refractivity contribution is 0.213. The molecule has 1 aliphatic heterocycles. The van der Waals surface area contributed by atoms with E-state index in [9.17, 15) is 8.42 Å². The summed E-state index contributed by atoms with van der Waals surface area (Å²) in [6, 6.07) is 0.288. The van der Waals surface area contributed by atoms with Gasteiger partial charge in [-0.05, 0) is 19.9 Å². The van der Waals surface area contributed by atoms with Crippen molar-refractivity contribution in [3.63, 3.8) is 0 Å². The number of rotatable bonds is 5. The number of piperidine rings is 1. The van der Waals surface area contributed by atoms with Crippen LogP contribution in [0.5, 0.6) is 0 Å². The largest absolute Gasteiger partial charge is 0.384 e. The molecule has 0 radical (unpaired) electrons. The Kier molecular flexibility index (Phi) is 7.50. The zero-order valence-corrected chi connectivity index (χ0v) is 11.4. The van der Waals surface area contributed by atoms with E-state index in [1.807, 2.05) is 7.05 Å². The molecule has 1 saturated heterocycles. The molecule has 0 aromatic heterocycles. The van der Waals surface area contributed by atoms with E-state index in [0.717, 1.165) is 12.8 Å². The Hall–Kier alpha value is 0.120. The molecule has 1 unspecified atom stereocenters. The van der Waals surface area contributed by atoms with Gasteiger partial charge in [0.2, 0.25) is 10.0 Å². The van der Waals surface area contributed by atoms with Crippen molar-refractivity contribution < 1.29 is 13.2 Å². The summed E-state index contributed by atoms with van der Waals surface area (Å²) < 4.78 is 30.0. The molecule has 7 heteroatoms. The number of sulfonamides is 1. The van der Waals surface area contributed by atoms with Crippen LogP contribution >= 0.6 is 12.4 Å². The van der Waals surface area contributed by atoms with Gasteiger partial charge in [-0.2, -0.15) is 0 Å². The van der Waals surface area contributed by atoms with Crippen molar-refractivity contribution in [3.05, 3.63) is 0 Å². The van der Waals surface area contributed by atoms with Crippen molar-refractivity contribution >= 4 is 22.4 Å². The summed E-state index contributed by atoms with van der Waals surface area (Å²) in [6.45, 7) is 1.50. The normalized spacial score (nSPS) is 22.8. The van der Waals surface area contributed by atoms with Gasteiger partial charge in [0.25, 0.3) is 0 Å². The van der Waals surface area contributed by atoms with Gasteiger partial charge in [0, 0.05) is 26.2 Å². The maximum Gasteiger partial charge on any atom is 0.216 e. The second-order valence-corrected chi connectivity index (χ2v) is 5.88. The van der Waals surface area contributed by atoms with E-state index in [-0.39, 0.29) is 30.8 Å². The van der Waals surface area contributed by atoms with Crippen LogP contribution in [0.4, 0.5) is 0 Å². The van der Waals surface area contributed by atoms with Crippen LogP contribution in [0.25, 0.3) is 0 Å². The molecule has 0 aliphatic carbocycles. The molecule has 0 spiro atoms. The lowest BCUT2D eigenvalue weighted by atomic mass is 10.1. The minimum Gasteiger partial charge on any atom is -0.384 e. The Morgan fingerprint density at radius 3 is 2.75 bits per heavy atom. The highest BCUT2D eigenvalue weighted by Crippen LogP contribution is 2.13. The van der Waals surface area contributed by atoms with E-state index in [1.165, 1.54) is 7.11 Å². The third-order valence-electron chi connectivity index (χ3n) is 2.73. The van der Waals surface area contributed by atoms with E-state index >= 15 is 0 Å². The average molecular weight is 273 g/mol. The standard InChI is InChI=1S/C9H20N2O3S.ClH/c1-10-9-4-3-5-11(8-9)15(12,13)7-6-14-2;/h9-10H,3-8H2,1-2H3;1H. The van der Waals surface area contributed by atoms with Gasteiger partial charge in [0.1, 0.15) is 0 Å². The Morgan fingerprint density at radius 2 is 2.19 bits per heavy atom. The first-order valence-electron chi connectivity index (χ1n) is 5.24. The van der Waals surface area contributed by atoms with Crippen molar-refractivity contribution in [2.75, 3.05) is 39.6 Å². The Labute approximate surface area is 104 Å². The van der Waals surface area contributed by atoms with Gasteiger partial charge in [-0.3, -0.25) is 0 Å². The zero-order chi connectivity index (χ0) is 11.3. The van der Waals surface area contributed by atoms with Crippen molar-refractivity contribution in [2.45, 2.75) is 18.9 Å². The number of ether oxygens (including phenoxy) is 1. The minimum absolute atomic E-state index is 0. The predicted molar refractivity (Wildman–Crippen MR) is 66.6 cm³/mol. The SMILES string of the molecule is CNC1CCCN(S(=O)(=O)CCOC)C1.Cl. The molecule has 0 amide bonds. The van der Waals surface area contributed by atoms with Crippen LogP contribution in [-0.2, 0) is 14.8 Å². The number of hydrogen-bond acceptors (Lipinski definition) is 4. The van der Waals surface area contributed by atoms with Gasteiger partial charge >= 0.3 is 0 Å². The molecule has 0 aromatic carbocycles. The molecule has 1 rings (SSSR count). The number of nitrogens with one attached hydrogen (secondary N) is 1. The van der Waals surface area contributed by atoms with E-state index in [1.54, 1.807) is 4.31 Å². The number of hydrogen-bond donors (Lipinski definition) is 1. The molecule has 98 valence electrons. The monoisotopic (exact) mass is 272 g/mol. The molecule has 1 atom stereocenters. The van der Waals surface area contributed by atoms with Crippen LogP contribution in [0.3, 0.4) is 0 Å². The summed E-state index contributed by atoms with van der Waals surface area (Å²) in [5.41, 5.74) is 0. The lowest BCUT2D eigenvalue weighted by Gasteiger charge is -2.31. The third kappa shape index (κ3) is 4.55. The van der Waals surface area contributed by atoms with Crippen LogP contribution in [0.15, 0.2) is 0 Å². The van der Waals surface area contributed by atoms with Crippen LogP contribution < -0.4 is 5.32 Å². The number of likely N-dealkylation sites (N-methyl/N-ethyl adjacent to an activating group) is 1. The molecule has 1 N–H and O–H groups in total. The number of nitrogens with zero attached hydrogens (tertiary/aromatic N) is 1. The molecule has 1 heterocycles. The van der Waals surface area contributed by atoms with E-state index in [0.29, 0.717) is 13.1 Å². The summed E-state index contributed by atoms with van der Waals surface area (Å²) in [5, 5.41) is 3.12. The number of methoxy groups -OCH3 is 1. The summed E-state index contributed by atoms with van der Waals surface area (Å²) >= 11 is 0. The third-order valence-corrected chi connectivity index (χ3v) is 4.53. The zero-order valence-electron chi connectivity index (χ0n) is 9.81. The number of halogens is 1. The minimum atomic E-state index is -3.12. The highest BCUT2D eigenvalue weighted by atomic mass is 35.5. The summed E-state index contributed by atoms with van der Waals surface area (Å²) in [6.07, 6.45) is 1.98. The van der Waals surface area contributed by atoms with Crippen molar-refractivity contribution in [2.24, 2.45) is 0 Å². The van der Waals surface area contributed by atoms with Crippen LogP contribution in [0, 0.1) is 0 Å². The molecule has 0 bridgehead atoms. The van der Waals surface area contributed by atoms with Gasteiger partial charge < -0.3 is 10.1 Å². The summed E-state index contributed by atoms with van der Waals surface area (Å²) in [4.78, 5) is 0. The van der Waals surface area contributed by atoms with Crippen molar-refractivity contribution in [1.29, 1.82) is 0 Å². The highest BCUT2D eigenvalue weighted by molar-refractivity contribution is 7.89. The molecular formula is C9H21ClN2O3S. The first kappa shape index (κ1) is 16.1. The van der Waals surface area contributed by atoms with E-state index in [2.05, 4.69) is 5.32 Å². The second-order valence-electron chi connectivity index (χ2n) is 3.79. The lowest BCUT2D eigenvalue weighted by Crippen LogP contribution is -2.47. The highest BCUT2D eigenvalue weighted by Gasteiger charge is 2.27. The molecule has 0 aromatic rings. The van der Waals surface area contributed by atoms with Crippen LogP contribution in [0.1, 0.15) is 12.8 Å². The molecule has 16 heavy (non-hydrogen) atoms. The maximum absolute atomic E-state index is 11.8. The summed E-state index contributed by atoms with van der Waals surface area (Å²) in [5.74, 6) is 0.0833. The van der Waals surface area contributed by atoms with Gasteiger partial charge in [-0.25, -0.2) is 12.7 Å².